The molecule has 6 nitrogen and oxygen atoms in total. The van der Waals surface area contributed by atoms with E-state index < -0.39 is 0 Å². The number of hydrogen-bond acceptors (Lipinski definition) is 6. The highest BCUT2D eigenvalue weighted by atomic mass is 35.5. The monoisotopic (exact) mass is 588 g/mol. The molecule has 0 aliphatic heterocycles. The van der Waals surface area contributed by atoms with Crippen molar-refractivity contribution in [1.29, 1.82) is 0 Å². The van der Waals surface area contributed by atoms with Gasteiger partial charge in [-0.05, 0) is 96.5 Å². The lowest BCUT2D eigenvalue weighted by Gasteiger charge is -2.33. The van der Waals surface area contributed by atoms with Gasteiger partial charge in [0, 0.05) is 15.6 Å². The SMILES string of the molecule is CC(C)(C)[C@H]1CCc2c(sc(N=Cc3ccc(Sc4nc5ccccc5[nH]4)o3)c2C(=O)Nc2ccc(Cl)cc2)C1. The molecule has 3 heterocycles. The molecular formula is C31H29ClN4O2S2. The number of halogens is 1. The number of aromatic amines is 1. The van der Waals surface area contributed by atoms with Crippen LogP contribution < -0.4 is 5.32 Å². The minimum absolute atomic E-state index is 0.151. The number of fused-ring (bicyclic) bond motifs is 2. The van der Waals surface area contributed by atoms with Crippen LogP contribution in [0.3, 0.4) is 0 Å². The van der Waals surface area contributed by atoms with E-state index in [0.29, 0.717) is 38.0 Å². The van der Waals surface area contributed by atoms with Crippen LogP contribution in [0.15, 0.2) is 80.3 Å². The molecule has 1 amide bonds. The molecule has 0 fully saturated rings. The Morgan fingerprint density at radius 3 is 2.75 bits per heavy atom. The van der Waals surface area contributed by atoms with Crippen molar-refractivity contribution in [3.8, 4) is 0 Å². The van der Waals surface area contributed by atoms with Crippen LogP contribution in [0.4, 0.5) is 10.7 Å². The number of aliphatic imine (C=N–C) groups is 1. The van der Waals surface area contributed by atoms with E-state index in [2.05, 4.69) is 36.1 Å². The van der Waals surface area contributed by atoms with Gasteiger partial charge in [0.2, 0.25) is 0 Å². The second-order valence-corrected chi connectivity index (χ2v) is 13.5. The number of anilines is 1. The summed E-state index contributed by atoms with van der Waals surface area (Å²) in [7, 11) is 0. The van der Waals surface area contributed by atoms with Gasteiger partial charge in [-0.1, -0.05) is 44.5 Å². The Hall–Kier alpha value is -3.33. The minimum atomic E-state index is -0.151. The quantitative estimate of drug-likeness (QED) is 0.194. The third-order valence-corrected chi connectivity index (χ3v) is 9.50. The smallest absolute Gasteiger partial charge is 0.259 e. The molecule has 204 valence electrons. The normalized spacial score (nSPS) is 15.6. The molecule has 3 aromatic heterocycles. The van der Waals surface area contributed by atoms with Crippen molar-refractivity contribution in [2.75, 3.05) is 5.32 Å². The topological polar surface area (TPSA) is 83.3 Å². The molecule has 2 aromatic carbocycles. The highest BCUT2D eigenvalue weighted by Crippen LogP contribution is 2.45. The molecule has 1 aliphatic carbocycles. The molecule has 0 saturated heterocycles. The molecular weight excluding hydrogens is 560 g/mol. The fourth-order valence-electron chi connectivity index (χ4n) is 5.02. The van der Waals surface area contributed by atoms with Crippen molar-refractivity contribution in [1.82, 2.24) is 9.97 Å². The van der Waals surface area contributed by atoms with Crippen LogP contribution >= 0.6 is 34.7 Å². The van der Waals surface area contributed by atoms with E-state index in [0.717, 1.165) is 41.0 Å². The average Bonchev–Trinajstić information content (AvgIpc) is 3.64. The van der Waals surface area contributed by atoms with Crippen LogP contribution in [0.1, 0.15) is 53.8 Å². The number of furan rings is 1. The molecule has 0 spiro atoms. The summed E-state index contributed by atoms with van der Waals surface area (Å²) in [6, 6.07) is 18.9. The summed E-state index contributed by atoms with van der Waals surface area (Å²) in [4.78, 5) is 27.5. The minimum Gasteiger partial charge on any atom is -0.448 e. The van der Waals surface area contributed by atoms with Gasteiger partial charge < -0.3 is 14.7 Å². The van der Waals surface area contributed by atoms with E-state index in [-0.39, 0.29) is 11.3 Å². The zero-order valence-corrected chi connectivity index (χ0v) is 24.8. The third-order valence-electron chi connectivity index (χ3n) is 7.28. The fourth-order valence-corrected chi connectivity index (χ4v) is 7.18. The fraction of sp³-hybridized carbons (Fsp3) is 0.258. The van der Waals surface area contributed by atoms with E-state index >= 15 is 0 Å². The number of amides is 1. The molecule has 0 bridgehead atoms. The van der Waals surface area contributed by atoms with Gasteiger partial charge in [-0.2, -0.15) is 0 Å². The van der Waals surface area contributed by atoms with Crippen LogP contribution in [0.5, 0.6) is 0 Å². The van der Waals surface area contributed by atoms with Gasteiger partial charge in [-0.25, -0.2) is 9.98 Å². The number of hydrogen-bond donors (Lipinski definition) is 2. The zero-order chi connectivity index (χ0) is 27.9. The van der Waals surface area contributed by atoms with Gasteiger partial charge in [0.15, 0.2) is 10.2 Å². The third kappa shape index (κ3) is 5.75. The molecule has 0 unspecified atom stereocenters. The Labute approximate surface area is 246 Å². The standard InChI is InChI=1S/C31H29ClN4O2S2/c1-31(2,3)18-8-14-22-25(16-18)39-29(27(22)28(37)34-20-11-9-19(32)10-12-20)33-17-21-13-15-26(38-21)40-30-35-23-6-4-5-7-24(23)36-30/h4-7,9-13,15,17-18H,8,14,16H2,1-3H3,(H,34,37)(H,35,36)/t18-/m0/s1. The Morgan fingerprint density at radius 2 is 1.98 bits per heavy atom. The summed E-state index contributed by atoms with van der Waals surface area (Å²) in [6.45, 7) is 6.88. The maximum absolute atomic E-state index is 13.6. The second-order valence-electron chi connectivity index (χ2n) is 11.0. The first-order chi connectivity index (χ1) is 19.2. The largest absolute Gasteiger partial charge is 0.448 e. The molecule has 0 saturated carbocycles. The number of nitrogens with one attached hydrogen (secondary N) is 2. The number of carbonyl (C=O) groups is 1. The Kier molecular flexibility index (Phi) is 7.33. The summed E-state index contributed by atoms with van der Waals surface area (Å²) in [6.07, 6.45) is 4.57. The molecule has 40 heavy (non-hydrogen) atoms. The number of nitrogens with zero attached hydrogens (tertiary/aromatic N) is 2. The highest BCUT2D eigenvalue weighted by Gasteiger charge is 2.33. The first-order valence-electron chi connectivity index (χ1n) is 13.2. The van der Waals surface area contributed by atoms with Crippen molar-refractivity contribution in [2.45, 2.75) is 50.3 Å². The van der Waals surface area contributed by atoms with Gasteiger partial charge >= 0.3 is 0 Å². The Balaban J connectivity index is 1.26. The van der Waals surface area contributed by atoms with E-state index in [1.54, 1.807) is 29.7 Å². The summed E-state index contributed by atoms with van der Waals surface area (Å²) in [5, 5.41) is 5.84. The van der Waals surface area contributed by atoms with Crippen molar-refractivity contribution >= 4 is 68.5 Å². The highest BCUT2D eigenvalue weighted by molar-refractivity contribution is 7.99. The molecule has 1 aliphatic rings. The summed E-state index contributed by atoms with van der Waals surface area (Å²) in [5.74, 6) is 1.02. The molecule has 0 radical (unpaired) electrons. The van der Waals surface area contributed by atoms with Gasteiger partial charge in [0.1, 0.15) is 10.8 Å². The summed E-state index contributed by atoms with van der Waals surface area (Å²) >= 11 is 9.07. The Morgan fingerprint density at radius 1 is 1.18 bits per heavy atom. The number of benzene rings is 2. The van der Waals surface area contributed by atoms with Crippen molar-refractivity contribution < 1.29 is 9.21 Å². The maximum Gasteiger partial charge on any atom is 0.259 e. The van der Waals surface area contributed by atoms with E-state index in [1.807, 2.05) is 48.5 Å². The molecule has 2 N–H and O–H groups in total. The van der Waals surface area contributed by atoms with E-state index in [9.17, 15) is 4.79 Å². The summed E-state index contributed by atoms with van der Waals surface area (Å²) in [5.41, 5.74) is 4.58. The van der Waals surface area contributed by atoms with E-state index in [1.165, 1.54) is 16.6 Å². The number of imidazole rings is 1. The lowest BCUT2D eigenvalue weighted by Crippen LogP contribution is -2.27. The molecule has 6 rings (SSSR count). The maximum atomic E-state index is 13.6. The van der Waals surface area contributed by atoms with Crippen molar-refractivity contribution in [3.05, 3.63) is 87.5 Å². The number of carbonyl (C=O) groups excluding carboxylic acids is 1. The van der Waals surface area contributed by atoms with Gasteiger partial charge in [-0.15, -0.1) is 11.3 Å². The van der Waals surface area contributed by atoms with Crippen LogP contribution in [-0.2, 0) is 12.8 Å². The number of thiophene rings is 1. The number of H-pyrrole nitrogens is 1. The first kappa shape index (κ1) is 26.9. The number of aromatic nitrogens is 2. The van der Waals surface area contributed by atoms with Crippen LogP contribution in [0, 0.1) is 11.3 Å². The second kappa shape index (κ2) is 10.9. The molecule has 5 aromatic rings. The predicted molar refractivity (Wildman–Crippen MR) is 165 cm³/mol. The van der Waals surface area contributed by atoms with Crippen molar-refractivity contribution in [2.24, 2.45) is 16.3 Å². The first-order valence-corrected chi connectivity index (χ1v) is 15.2. The Bertz CT molecular complexity index is 1680. The summed E-state index contributed by atoms with van der Waals surface area (Å²) < 4.78 is 6.02. The number of rotatable bonds is 6. The van der Waals surface area contributed by atoms with Crippen LogP contribution in [0.25, 0.3) is 11.0 Å². The van der Waals surface area contributed by atoms with E-state index in [4.69, 9.17) is 21.0 Å². The van der Waals surface area contributed by atoms with Gasteiger partial charge in [0.25, 0.3) is 5.91 Å². The molecule has 1 atom stereocenters. The van der Waals surface area contributed by atoms with Crippen LogP contribution in [-0.4, -0.2) is 22.1 Å². The van der Waals surface area contributed by atoms with Crippen molar-refractivity contribution in [3.63, 3.8) is 0 Å². The lowest BCUT2D eigenvalue weighted by atomic mass is 9.72. The van der Waals surface area contributed by atoms with Gasteiger partial charge in [-0.3, -0.25) is 4.79 Å². The van der Waals surface area contributed by atoms with Gasteiger partial charge in [0.05, 0.1) is 22.8 Å². The zero-order valence-electron chi connectivity index (χ0n) is 22.5. The van der Waals surface area contributed by atoms with Crippen LogP contribution in [0.2, 0.25) is 5.02 Å². The molecule has 9 heteroatoms. The number of para-hydroxylation sites is 2. The predicted octanol–water partition coefficient (Wildman–Crippen LogP) is 9.18. The lowest BCUT2D eigenvalue weighted by molar-refractivity contribution is 0.102. The average molecular weight is 589 g/mol.